The number of aromatic nitrogens is 2. The number of hydrogen-bond acceptors (Lipinski definition) is 3. The van der Waals surface area contributed by atoms with Gasteiger partial charge in [0.05, 0.1) is 12.1 Å². The molecule has 1 atom stereocenters. The highest BCUT2D eigenvalue weighted by Crippen LogP contribution is 2.10. The number of nitrogens with zero attached hydrogens (tertiary/aromatic N) is 2. The van der Waals surface area contributed by atoms with Crippen LogP contribution >= 0.6 is 0 Å². The molecule has 0 saturated carbocycles. The molecule has 0 saturated heterocycles. The van der Waals surface area contributed by atoms with E-state index in [0.29, 0.717) is 0 Å². The second-order valence-corrected chi connectivity index (χ2v) is 5.42. The van der Waals surface area contributed by atoms with Crippen LogP contribution in [-0.2, 0) is 16.0 Å². The van der Waals surface area contributed by atoms with Crippen molar-refractivity contribution in [3.05, 3.63) is 48.3 Å². The third-order valence-corrected chi connectivity index (χ3v) is 3.32. The number of carboxylic acid groups (broad SMARTS) is 1. The van der Waals surface area contributed by atoms with Gasteiger partial charge in [-0.2, -0.15) is 5.10 Å². The number of carbonyl (C=O) groups excluding carboxylic acids is 1. The predicted molar refractivity (Wildman–Crippen MR) is 81.7 cm³/mol. The summed E-state index contributed by atoms with van der Waals surface area (Å²) in [5, 5.41) is 15.8. The van der Waals surface area contributed by atoms with Crippen LogP contribution in [-0.4, -0.2) is 32.8 Å². The maximum Gasteiger partial charge on any atom is 0.326 e. The van der Waals surface area contributed by atoms with E-state index in [0.717, 1.165) is 11.3 Å². The fourth-order valence-electron chi connectivity index (χ4n) is 2.11. The summed E-state index contributed by atoms with van der Waals surface area (Å²) in [6.07, 6.45) is 3.68. The van der Waals surface area contributed by atoms with Gasteiger partial charge in [-0.3, -0.25) is 4.79 Å². The van der Waals surface area contributed by atoms with Crippen molar-refractivity contribution >= 4 is 11.9 Å². The molecule has 0 fully saturated rings. The highest BCUT2D eigenvalue weighted by atomic mass is 16.4. The molecule has 1 aromatic carbocycles. The highest BCUT2D eigenvalue weighted by Gasteiger charge is 2.23. The molecule has 6 heteroatoms. The number of carbonyl (C=O) groups is 2. The van der Waals surface area contributed by atoms with Gasteiger partial charge in [-0.15, -0.1) is 0 Å². The van der Waals surface area contributed by atoms with Gasteiger partial charge in [0.15, 0.2) is 0 Å². The second-order valence-electron chi connectivity index (χ2n) is 5.42. The topological polar surface area (TPSA) is 84.2 Å². The van der Waals surface area contributed by atoms with Crippen molar-refractivity contribution in [3.8, 4) is 5.69 Å². The van der Waals surface area contributed by atoms with E-state index in [9.17, 15) is 9.59 Å². The van der Waals surface area contributed by atoms with Crippen molar-refractivity contribution in [2.24, 2.45) is 5.92 Å². The molecule has 1 amide bonds. The molecule has 1 heterocycles. The quantitative estimate of drug-likeness (QED) is 0.849. The van der Waals surface area contributed by atoms with E-state index < -0.39 is 12.0 Å². The fourth-order valence-corrected chi connectivity index (χ4v) is 2.11. The van der Waals surface area contributed by atoms with Gasteiger partial charge in [-0.1, -0.05) is 26.0 Å². The van der Waals surface area contributed by atoms with Crippen molar-refractivity contribution < 1.29 is 14.7 Å². The number of aliphatic carboxylic acids is 1. The molecular weight excluding hydrogens is 282 g/mol. The van der Waals surface area contributed by atoms with Gasteiger partial charge in [0.2, 0.25) is 5.91 Å². The Morgan fingerprint density at radius 2 is 1.95 bits per heavy atom. The summed E-state index contributed by atoms with van der Waals surface area (Å²) >= 11 is 0. The van der Waals surface area contributed by atoms with Crippen LogP contribution in [0, 0.1) is 5.92 Å². The average Bonchev–Trinajstić information content (AvgIpc) is 2.99. The van der Waals surface area contributed by atoms with Gasteiger partial charge in [-0.25, -0.2) is 9.48 Å². The predicted octanol–water partition coefficient (Wildman–Crippen LogP) is 1.64. The standard InChI is InChI=1S/C16H19N3O3/c1-11(2)15(16(21)22)18-14(20)10-12-4-6-13(7-5-12)19-9-3-8-17-19/h3-9,11,15H,10H2,1-2H3,(H,18,20)(H,21,22)/t15-/m0/s1. The lowest BCUT2D eigenvalue weighted by Gasteiger charge is -2.17. The van der Waals surface area contributed by atoms with Crippen molar-refractivity contribution in [2.75, 3.05) is 0 Å². The maximum atomic E-state index is 12.0. The molecule has 0 radical (unpaired) electrons. The van der Waals surface area contributed by atoms with E-state index in [1.807, 2.05) is 36.5 Å². The number of benzene rings is 1. The van der Waals surface area contributed by atoms with Crippen LogP contribution in [0.15, 0.2) is 42.7 Å². The fraction of sp³-hybridized carbons (Fsp3) is 0.312. The molecule has 6 nitrogen and oxygen atoms in total. The first-order valence-corrected chi connectivity index (χ1v) is 7.08. The van der Waals surface area contributed by atoms with Crippen molar-refractivity contribution in [2.45, 2.75) is 26.3 Å². The third-order valence-electron chi connectivity index (χ3n) is 3.32. The van der Waals surface area contributed by atoms with Crippen LogP contribution in [0.5, 0.6) is 0 Å². The Bertz CT molecular complexity index is 633. The van der Waals surface area contributed by atoms with Crippen molar-refractivity contribution in [3.63, 3.8) is 0 Å². The summed E-state index contributed by atoms with van der Waals surface area (Å²) in [6, 6.07) is 8.37. The summed E-state index contributed by atoms with van der Waals surface area (Å²) in [6.45, 7) is 3.52. The normalized spacial score (nSPS) is 12.1. The van der Waals surface area contributed by atoms with E-state index in [4.69, 9.17) is 5.11 Å². The zero-order valence-corrected chi connectivity index (χ0v) is 12.6. The third kappa shape index (κ3) is 3.94. The minimum atomic E-state index is -1.02. The first-order chi connectivity index (χ1) is 10.5. The van der Waals surface area contributed by atoms with Crippen LogP contribution in [0.3, 0.4) is 0 Å². The number of nitrogens with one attached hydrogen (secondary N) is 1. The van der Waals surface area contributed by atoms with E-state index in [-0.39, 0.29) is 18.2 Å². The van der Waals surface area contributed by atoms with Gasteiger partial charge < -0.3 is 10.4 Å². The van der Waals surface area contributed by atoms with Crippen LogP contribution in [0.4, 0.5) is 0 Å². The lowest BCUT2D eigenvalue weighted by molar-refractivity contribution is -0.143. The zero-order chi connectivity index (χ0) is 16.1. The molecule has 1 aromatic heterocycles. The highest BCUT2D eigenvalue weighted by molar-refractivity contribution is 5.85. The van der Waals surface area contributed by atoms with E-state index in [1.165, 1.54) is 0 Å². The van der Waals surface area contributed by atoms with Gasteiger partial charge in [0, 0.05) is 12.4 Å². The molecule has 0 aliphatic rings. The molecule has 2 aromatic rings. The second kappa shape index (κ2) is 6.89. The summed E-state index contributed by atoms with van der Waals surface area (Å²) in [7, 11) is 0. The summed E-state index contributed by atoms with van der Waals surface area (Å²) < 4.78 is 1.73. The molecule has 22 heavy (non-hydrogen) atoms. The van der Waals surface area contributed by atoms with Crippen molar-refractivity contribution in [1.29, 1.82) is 0 Å². The van der Waals surface area contributed by atoms with Gasteiger partial charge in [0.1, 0.15) is 6.04 Å². The molecule has 116 valence electrons. The number of amides is 1. The first-order valence-electron chi connectivity index (χ1n) is 7.08. The molecule has 2 rings (SSSR count). The Morgan fingerprint density at radius 3 is 2.45 bits per heavy atom. The Morgan fingerprint density at radius 1 is 1.27 bits per heavy atom. The van der Waals surface area contributed by atoms with E-state index >= 15 is 0 Å². The van der Waals surface area contributed by atoms with Crippen LogP contribution in [0.1, 0.15) is 19.4 Å². The summed E-state index contributed by atoms with van der Waals surface area (Å²) in [5.41, 5.74) is 1.72. The Kier molecular flexibility index (Phi) is 4.93. The molecule has 0 unspecified atom stereocenters. The molecule has 0 bridgehead atoms. The van der Waals surface area contributed by atoms with Crippen LogP contribution in [0.25, 0.3) is 5.69 Å². The monoisotopic (exact) mass is 301 g/mol. The van der Waals surface area contributed by atoms with Crippen LogP contribution in [0.2, 0.25) is 0 Å². The van der Waals surface area contributed by atoms with E-state index in [1.54, 1.807) is 24.7 Å². The molecule has 2 N–H and O–H groups in total. The van der Waals surface area contributed by atoms with Crippen molar-refractivity contribution in [1.82, 2.24) is 15.1 Å². The van der Waals surface area contributed by atoms with Gasteiger partial charge >= 0.3 is 5.97 Å². The Labute approximate surface area is 128 Å². The smallest absolute Gasteiger partial charge is 0.326 e. The van der Waals surface area contributed by atoms with Gasteiger partial charge in [-0.05, 0) is 29.7 Å². The lowest BCUT2D eigenvalue weighted by Crippen LogP contribution is -2.44. The lowest BCUT2D eigenvalue weighted by atomic mass is 10.0. The van der Waals surface area contributed by atoms with Gasteiger partial charge in [0.25, 0.3) is 0 Å². The number of rotatable bonds is 6. The summed E-state index contributed by atoms with van der Waals surface area (Å²) in [5.74, 6) is -1.48. The molecule has 0 aliphatic carbocycles. The first kappa shape index (κ1) is 15.8. The number of carboxylic acids is 1. The summed E-state index contributed by atoms with van der Waals surface area (Å²) in [4.78, 5) is 23.0. The largest absolute Gasteiger partial charge is 0.480 e. The number of hydrogen-bond donors (Lipinski definition) is 2. The minimum absolute atomic E-state index is 0.149. The molecular formula is C16H19N3O3. The maximum absolute atomic E-state index is 12.0. The Balaban J connectivity index is 1.98. The zero-order valence-electron chi connectivity index (χ0n) is 12.6. The molecule has 0 aliphatic heterocycles. The van der Waals surface area contributed by atoms with Crippen LogP contribution < -0.4 is 5.32 Å². The average molecular weight is 301 g/mol. The SMILES string of the molecule is CC(C)[C@H](NC(=O)Cc1ccc(-n2cccn2)cc1)C(=O)O. The molecule has 0 spiro atoms. The Hall–Kier alpha value is -2.63. The minimum Gasteiger partial charge on any atom is -0.480 e. The van der Waals surface area contributed by atoms with E-state index in [2.05, 4.69) is 10.4 Å².